The van der Waals surface area contributed by atoms with E-state index in [1.165, 1.54) is 11.5 Å². The summed E-state index contributed by atoms with van der Waals surface area (Å²) in [5, 5.41) is 10.2. The summed E-state index contributed by atoms with van der Waals surface area (Å²) in [7, 11) is 0. The number of hydrogen-bond donors (Lipinski definition) is 0. The van der Waals surface area contributed by atoms with Gasteiger partial charge in [-0.3, -0.25) is 0 Å². The summed E-state index contributed by atoms with van der Waals surface area (Å²) in [4.78, 5) is 3.07. The van der Waals surface area contributed by atoms with Crippen LogP contribution in [0.5, 0.6) is 0 Å². The van der Waals surface area contributed by atoms with Crippen LogP contribution in [-0.2, 0) is 0 Å². The molecule has 2 heterocycles. The molecule has 1 aliphatic rings. The highest BCUT2D eigenvalue weighted by atomic mass is 35.5. The van der Waals surface area contributed by atoms with Crippen molar-refractivity contribution in [2.75, 3.05) is 29.5 Å². The Morgan fingerprint density at radius 1 is 1.25 bits per heavy atom. The Bertz CT molecular complexity index is 657. The second kappa shape index (κ2) is 6.04. The molecule has 1 aromatic carbocycles. The highest BCUT2D eigenvalue weighted by Crippen LogP contribution is 2.38. The van der Waals surface area contributed by atoms with Gasteiger partial charge in [-0.2, -0.15) is 21.4 Å². The van der Waals surface area contributed by atoms with E-state index in [0.717, 1.165) is 40.9 Å². The van der Waals surface area contributed by atoms with Gasteiger partial charge in [0.25, 0.3) is 0 Å². The van der Waals surface area contributed by atoms with E-state index in [1.807, 2.05) is 36.0 Å². The summed E-state index contributed by atoms with van der Waals surface area (Å²) >= 11 is 9.53. The second-order valence-electron chi connectivity index (χ2n) is 4.40. The molecule has 1 aromatic heterocycles. The topological polar surface area (TPSA) is 39.9 Å². The van der Waals surface area contributed by atoms with Crippen LogP contribution < -0.4 is 4.90 Å². The fourth-order valence-corrected chi connectivity index (χ4v) is 4.28. The Morgan fingerprint density at radius 3 is 2.70 bits per heavy atom. The summed E-state index contributed by atoms with van der Waals surface area (Å²) in [6.45, 7) is 1.90. The van der Waals surface area contributed by atoms with Gasteiger partial charge in [-0.05, 0) is 17.6 Å². The predicted molar refractivity (Wildman–Crippen MR) is 86.8 cm³/mol. The van der Waals surface area contributed by atoms with Gasteiger partial charge in [0.2, 0.25) is 0 Å². The minimum absolute atomic E-state index is 0.648. The molecule has 1 saturated heterocycles. The van der Waals surface area contributed by atoms with Crippen LogP contribution in [-0.4, -0.2) is 29.0 Å². The molecule has 1 fully saturated rings. The number of aromatic nitrogens is 1. The minimum atomic E-state index is 0.648. The Balaban J connectivity index is 2.04. The zero-order valence-electron chi connectivity index (χ0n) is 10.7. The molecular weight excluding hydrogens is 310 g/mol. The van der Waals surface area contributed by atoms with Crippen LogP contribution in [0.15, 0.2) is 24.3 Å². The zero-order chi connectivity index (χ0) is 13.9. The third kappa shape index (κ3) is 2.51. The maximum Gasteiger partial charge on any atom is 0.160 e. The number of nitrogens with zero attached hydrogens (tertiary/aromatic N) is 3. The van der Waals surface area contributed by atoms with Gasteiger partial charge in [-0.25, -0.2) is 0 Å². The Labute approximate surface area is 131 Å². The van der Waals surface area contributed by atoms with Crippen LogP contribution in [0.2, 0.25) is 5.02 Å². The molecule has 1 aliphatic heterocycles. The molecule has 0 unspecified atom stereocenters. The van der Waals surface area contributed by atoms with Gasteiger partial charge in [0.15, 0.2) is 5.82 Å². The fraction of sp³-hybridized carbons (Fsp3) is 0.286. The van der Waals surface area contributed by atoms with Crippen LogP contribution in [0.25, 0.3) is 10.4 Å². The van der Waals surface area contributed by atoms with Gasteiger partial charge >= 0.3 is 0 Å². The molecule has 0 atom stereocenters. The monoisotopic (exact) mass is 321 g/mol. The number of benzene rings is 1. The molecule has 102 valence electrons. The summed E-state index contributed by atoms with van der Waals surface area (Å²) in [6, 6.07) is 9.91. The van der Waals surface area contributed by atoms with Crippen molar-refractivity contribution in [2.24, 2.45) is 0 Å². The van der Waals surface area contributed by atoms with E-state index in [1.54, 1.807) is 0 Å². The lowest BCUT2D eigenvalue weighted by atomic mass is 10.1. The van der Waals surface area contributed by atoms with E-state index in [9.17, 15) is 5.26 Å². The van der Waals surface area contributed by atoms with Gasteiger partial charge in [-0.1, -0.05) is 29.8 Å². The Morgan fingerprint density at radius 2 is 2.00 bits per heavy atom. The van der Waals surface area contributed by atoms with E-state index in [4.69, 9.17) is 11.6 Å². The predicted octanol–water partition coefficient (Wildman–Crippen LogP) is 3.89. The number of rotatable bonds is 2. The van der Waals surface area contributed by atoms with Crippen molar-refractivity contribution in [2.45, 2.75) is 0 Å². The minimum Gasteiger partial charge on any atom is -0.353 e. The van der Waals surface area contributed by atoms with Crippen LogP contribution in [0, 0.1) is 11.3 Å². The summed E-state index contributed by atoms with van der Waals surface area (Å²) in [5.74, 6) is 2.99. The number of halogens is 1. The maximum absolute atomic E-state index is 9.51. The first-order chi connectivity index (χ1) is 9.81. The molecular formula is C14H12ClN3S2. The largest absolute Gasteiger partial charge is 0.353 e. The lowest BCUT2D eigenvalue weighted by Crippen LogP contribution is -2.33. The lowest BCUT2D eigenvalue weighted by Gasteiger charge is -2.26. The molecule has 0 saturated carbocycles. The van der Waals surface area contributed by atoms with Crippen LogP contribution in [0.1, 0.15) is 5.56 Å². The van der Waals surface area contributed by atoms with E-state index >= 15 is 0 Å². The molecule has 0 bridgehead atoms. The van der Waals surface area contributed by atoms with Crippen molar-refractivity contribution in [1.82, 2.24) is 4.37 Å². The van der Waals surface area contributed by atoms with Gasteiger partial charge < -0.3 is 4.90 Å². The van der Waals surface area contributed by atoms with E-state index in [0.29, 0.717) is 10.6 Å². The second-order valence-corrected chi connectivity index (χ2v) is 6.81. The van der Waals surface area contributed by atoms with Crippen molar-refractivity contribution in [1.29, 1.82) is 5.26 Å². The normalized spacial score (nSPS) is 15.1. The third-order valence-electron chi connectivity index (χ3n) is 3.21. The van der Waals surface area contributed by atoms with Crippen molar-refractivity contribution in [3.8, 4) is 16.5 Å². The van der Waals surface area contributed by atoms with Crippen molar-refractivity contribution in [3.63, 3.8) is 0 Å². The summed E-state index contributed by atoms with van der Waals surface area (Å²) < 4.78 is 4.51. The summed E-state index contributed by atoms with van der Waals surface area (Å²) in [6.07, 6.45) is 0. The molecule has 2 aromatic rings. The van der Waals surface area contributed by atoms with Gasteiger partial charge in [0.05, 0.1) is 4.88 Å². The van der Waals surface area contributed by atoms with Gasteiger partial charge in [0.1, 0.15) is 11.6 Å². The number of nitriles is 1. The first-order valence-electron chi connectivity index (χ1n) is 6.28. The molecule has 0 aliphatic carbocycles. The maximum atomic E-state index is 9.51. The molecule has 6 heteroatoms. The third-order valence-corrected chi connectivity index (χ3v) is 5.36. The standard InChI is InChI=1S/C14H12ClN3S2/c15-12-4-2-1-3-10(12)13-11(9-16)14(17-20-13)18-5-7-19-8-6-18/h1-4H,5-8H2. The van der Waals surface area contributed by atoms with E-state index in [2.05, 4.69) is 15.3 Å². The average molecular weight is 322 g/mol. The molecule has 3 rings (SSSR count). The molecule has 0 spiro atoms. The number of hydrogen-bond acceptors (Lipinski definition) is 5. The summed E-state index contributed by atoms with van der Waals surface area (Å²) in [5.41, 5.74) is 1.54. The first kappa shape index (κ1) is 13.7. The molecule has 0 radical (unpaired) electrons. The molecule has 20 heavy (non-hydrogen) atoms. The quantitative estimate of drug-likeness (QED) is 0.841. The smallest absolute Gasteiger partial charge is 0.160 e. The SMILES string of the molecule is N#Cc1c(N2CCSCC2)nsc1-c1ccccc1Cl. The lowest BCUT2D eigenvalue weighted by molar-refractivity contribution is 0.846. The highest BCUT2D eigenvalue weighted by molar-refractivity contribution is 7.99. The highest BCUT2D eigenvalue weighted by Gasteiger charge is 2.22. The number of thioether (sulfide) groups is 1. The van der Waals surface area contributed by atoms with Crippen molar-refractivity contribution < 1.29 is 0 Å². The molecule has 3 nitrogen and oxygen atoms in total. The molecule has 0 N–H and O–H groups in total. The van der Waals surface area contributed by atoms with E-state index in [-0.39, 0.29) is 0 Å². The Kier molecular flexibility index (Phi) is 4.16. The molecule has 0 amide bonds. The van der Waals surface area contributed by atoms with E-state index < -0.39 is 0 Å². The zero-order valence-corrected chi connectivity index (χ0v) is 13.1. The van der Waals surface area contributed by atoms with Crippen LogP contribution in [0.3, 0.4) is 0 Å². The number of anilines is 1. The van der Waals surface area contributed by atoms with Crippen LogP contribution >= 0.6 is 34.9 Å². The first-order valence-corrected chi connectivity index (χ1v) is 8.59. The average Bonchev–Trinajstić information content (AvgIpc) is 2.92. The van der Waals surface area contributed by atoms with Gasteiger partial charge in [-0.15, -0.1) is 0 Å². The Hall–Kier alpha value is -1.22. The van der Waals surface area contributed by atoms with Crippen molar-refractivity contribution in [3.05, 3.63) is 34.9 Å². The van der Waals surface area contributed by atoms with Gasteiger partial charge in [0, 0.05) is 35.2 Å². The van der Waals surface area contributed by atoms with Crippen LogP contribution in [0.4, 0.5) is 5.82 Å². The fourth-order valence-electron chi connectivity index (χ4n) is 2.20. The van der Waals surface area contributed by atoms with Crippen molar-refractivity contribution >= 4 is 40.7 Å².